The van der Waals surface area contributed by atoms with Crippen molar-refractivity contribution in [2.75, 3.05) is 18.4 Å². The Morgan fingerprint density at radius 2 is 2.18 bits per heavy atom. The van der Waals surface area contributed by atoms with Gasteiger partial charge in [0.05, 0.1) is 17.7 Å². The molecule has 118 valence electrons. The first kappa shape index (κ1) is 16.3. The largest absolute Gasteiger partial charge is 0.391 e. The number of likely N-dealkylation sites (tertiary alicyclic amines) is 1. The zero-order valence-electron chi connectivity index (χ0n) is 13.3. The van der Waals surface area contributed by atoms with E-state index in [1.807, 2.05) is 6.07 Å². The second-order valence-corrected chi connectivity index (χ2v) is 6.90. The number of carbonyl (C=O) groups excluding carboxylic acids is 1. The number of aliphatic hydroxyl groups excluding tert-OH is 1. The third-order valence-corrected chi connectivity index (χ3v) is 4.22. The molecule has 0 spiro atoms. The SMILES string of the molecule is CC(C)(C)C1CCN(C(=O)Nc2cccc(C#N)c2)CC1O. The Labute approximate surface area is 131 Å². The van der Waals surface area contributed by atoms with Gasteiger partial charge in [-0.2, -0.15) is 5.26 Å². The molecule has 22 heavy (non-hydrogen) atoms. The fourth-order valence-corrected chi connectivity index (χ4v) is 3.00. The van der Waals surface area contributed by atoms with Gasteiger partial charge in [-0.05, 0) is 36.0 Å². The molecule has 0 bridgehead atoms. The number of urea groups is 1. The van der Waals surface area contributed by atoms with Gasteiger partial charge in [0.2, 0.25) is 0 Å². The summed E-state index contributed by atoms with van der Waals surface area (Å²) in [6.07, 6.45) is 0.279. The number of amides is 2. The molecule has 1 aliphatic rings. The van der Waals surface area contributed by atoms with Gasteiger partial charge < -0.3 is 15.3 Å². The van der Waals surface area contributed by atoms with Gasteiger partial charge in [0.15, 0.2) is 0 Å². The van der Waals surface area contributed by atoms with E-state index in [4.69, 9.17) is 5.26 Å². The molecule has 1 aromatic rings. The molecule has 0 aliphatic carbocycles. The number of anilines is 1. The van der Waals surface area contributed by atoms with Gasteiger partial charge in [-0.3, -0.25) is 0 Å². The minimum Gasteiger partial charge on any atom is -0.391 e. The van der Waals surface area contributed by atoms with Crippen LogP contribution in [0.2, 0.25) is 0 Å². The molecule has 1 heterocycles. The van der Waals surface area contributed by atoms with Crippen molar-refractivity contribution in [3.05, 3.63) is 29.8 Å². The summed E-state index contributed by atoms with van der Waals surface area (Å²) >= 11 is 0. The highest BCUT2D eigenvalue weighted by molar-refractivity contribution is 5.89. The van der Waals surface area contributed by atoms with Crippen LogP contribution in [-0.2, 0) is 0 Å². The fraction of sp³-hybridized carbons (Fsp3) is 0.529. The van der Waals surface area contributed by atoms with Crippen molar-refractivity contribution in [1.82, 2.24) is 4.90 Å². The van der Waals surface area contributed by atoms with Crippen molar-refractivity contribution in [1.29, 1.82) is 5.26 Å². The summed E-state index contributed by atoms with van der Waals surface area (Å²) < 4.78 is 0. The van der Waals surface area contributed by atoms with Crippen molar-refractivity contribution in [3.63, 3.8) is 0 Å². The van der Waals surface area contributed by atoms with Crippen molar-refractivity contribution < 1.29 is 9.90 Å². The first-order chi connectivity index (χ1) is 10.3. The van der Waals surface area contributed by atoms with Crippen LogP contribution in [0.1, 0.15) is 32.8 Å². The lowest BCUT2D eigenvalue weighted by atomic mass is 9.74. The molecule has 2 amide bonds. The molecule has 5 heteroatoms. The zero-order chi connectivity index (χ0) is 16.3. The Morgan fingerprint density at radius 3 is 2.77 bits per heavy atom. The molecule has 0 radical (unpaired) electrons. The maximum atomic E-state index is 12.3. The summed E-state index contributed by atoms with van der Waals surface area (Å²) in [5.74, 6) is 0.193. The van der Waals surface area contributed by atoms with E-state index in [1.165, 1.54) is 0 Å². The third kappa shape index (κ3) is 3.77. The van der Waals surface area contributed by atoms with E-state index in [0.717, 1.165) is 6.42 Å². The molecular formula is C17H23N3O2. The maximum Gasteiger partial charge on any atom is 0.321 e. The second-order valence-electron chi connectivity index (χ2n) is 6.90. The Morgan fingerprint density at radius 1 is 1.45 bits per heavy atom. The normalized spacial score (nSPS) is 22.0. The van der Waals surface area contributed by atoms with Crippen molar-refractivity contribution >= 4 is 11.7 Å². The molecular weight excluding hydrogens is 278 g/mol. The van der Waals surface area contributed by atoms with E-state index in [0.29, 0.717) is 24.3 Å². The minimum atomic E-state index is -0.509. The lowest BCUT2D eigenvalue weighted by Gasteiger charge is -2.42. The molecule has 2 rings (SSSR count). The first-order valence-electron chi connectivity index (χ1n) is 7.55. The van der Waals surface area contributed by atoms with E-state index < -0.39 is 6.10 Å². The predicted octanol–water partition coefficient (Wildman–Crippen LogP) is 2.82. The van der Waals surface area contributed by atoms with Crippen LogP contribution in [0, 0.1) is 22.7 Å². The topological polar surface area (TPSA) is 76.4 Å². The van der Waals surface area contributed by atoms with Crippen molar-refractivity contribution in [2.45, 2.75) is 33.3 Å². The van der Waals surface area contributed by atoms with Gasteiger partial charge in [0.25, 0.3) is 0 Å². The Balaban J connectivity index is 1.99. The average molecular weight is 301 g/mol. The summed E-state index contributed by atoms with van der Waals surface area (Å²) in [5, 5.41) is 22.0. The summed E-state index contributed by atoms with van der Waals surface area (Å²) in [6, 6.07) is 8.61. The van der Waals surface area contributed by atoms with E-state index >= 15 is 0 Å². The van der Waals surface area contributed by atoms with E-state index in [2.05, 4.69) is 26.1 Å². The van der Waals surface area contributed by atoms with Crippen LogP contribution < -0.4 is 5.32 Å². The first-order valence-corrected chi connectivity index (χ1v) is 7.55. The highest BCUT2D eigenvalue weighted by atomic mass is 16.3. The van der Waals surface area contributed by atoms with Gasteiger partial charge in [-0.1, -0.05) is 26.8 Å². The smallest absolute Gasteiger partial charge is 0.321 e. The number of β-amino-alcohol motifs (C(OH)–C–C–N with tert-alkyl or cyclic N) is 1. The number of nitriles is 1. The predicted molar refractivity (Wildman–Crippen MR) is 85.3 cm³/mol. The molecule has 1 saturated heterocycles. The molecule has 0 aromatic heterocycles. The van der Waals surface area contributed by atoms with Crippen LogP contribution in [0.3, 0.4) is 0 Å². The number of hydrogen-bond donors (Lipinski definition) is 2. The summed E-state index contributed by atoms with van der Waals surface area (Å²) in [4.78, 5) is 13.9. The Kier molecular flexibility index (Phi) is 4.72. The lowest BCUT2D eigenvalue weighted by Crippen LogP contribution is -2.51. The van der Waals surface area contributed by atoms with E-state index in [-0.39, 0.29) is 17.4 Å². The highest BCUT2D eigenvalue weighted by Crippen LogP contribution is 2.34. The number of nitrogens with one attached hydrogen (secondary N) is 1. The number of nitrogens with zero attached hydrogens (tertiary/aromatic N) is 2. The van der Waals surface area contributed by atoms with Gasteiger partial charge in [0.1, 0.15) is 0 Å². The summed E-state index contributed by atoms with van der Waals surface area (Å²) in [6.45, 7) is 7.31. The number of carbonyl (C=O) groups is 1. The van der Waals surface area contributed by atoms with Crippen LogP contribution in [0.4, 0.5) is 10.5 Å². The van der Waals surface area contributed by atoms with Crippen LogP contribution in [-0.4, -0.2) is 35.2 Å². The summed E-state index contributed by atoms with van der Waals surface area (Å²) in [5.41, 5.74) is 1.13. The molecule has 5 nitrogen and oxygen atoms in total. The number of hydrogen-bond acceptors (Lipinski definition) is 3. The molecule has 2 atom stereocenters. The summed E-state index contributed by atoms with van der Waals surface area (Å²) in [7, 11) is 0. The maximum absolute atomic E-state index is 12.3. The Bertz CT molecular complexity index is 586. The highest BCUT2D eigenvalue weighted by Gasteiger charge is 2.36. The van der Waals surface area contributed by atoms with Gasteiger partial charge >= 0.3 is 6.03 Å². The standard InChI is InChI=1S/C17H23N3O2/c1-17(2,3)14-7-8-20(11-15(14)21)16(22)19-13-6-4-5-12(9-13)10-18/h4-6,9,14-15,21H,7-8,11H2,1-3H3,(H,19,22). The lowest BCUT2D eigenvalue weighted by molar-refractivity contribution is -0.0107. The van der Waals surface area contributed by atoms with Gasteiger partial charge in [-0.25, -0.2) is 4.79 Å². The number of aliphatic hydroxyl groups is 1. The van der Waals surface area contributed by atoms with E-state index in [9.17, 15) is 9.90 Å². The van der Waals surface area contributed by atoms with Crippen LogP contribution in [0.5, 0.6) is 0 Å². The van der Waals surface area contributed by atoms with E-state index in [1.54, 1.807) is 29.2 Å². The monoisotopic (exact) mass is 301 g/mol. The Hall–Kier alpha value is -2.06. The third-order valence-electron chi connectivity index (χ3n) is 4.22. The van der Waals surface area contributed by atoms with Crippen molar-refractivity contribution in [2.24, 2.45) is 11.3 Å². The zero-order valence-corrected chi connectivity index (χ0v) is 13.3. The quantitative estimate of drug-likeness (QED) is 0.837. The molecule has 2 N–H and O–H groups in total. The molecule has 1 fully saturated rings. The molecule has 0 saturated carbocycles. The fourth-order valence-electron chi connectivity index (χ4n) is 3.00. The second kappa shape index (κ2) is 6.37. The van der Waals surface area contributed by atoms with Crippen LogP contribution in [0.25, 0.3) is 0 Å². The van der Waals surface area contributed by atoms with Crippen molar-refractivity contribution in [3.8, 4) is 6.07 Å². The molecule has 1 aliphatic heterocycles. The van der Waals surface area contributed by atoms with Gasteiger partial charge in [0, 0.05) is 18.8 Å². The van der Waals surface area contributed by atoms with Crippen LogP contribution in [0.15, 0.2) is 24.3 Å². The number of piperidine rings is 1. The van der Waals surface area contributed by atoms with Gasteiger partial charge in [-0.15, -0.1) is 0 Å². The average Bonchev–Trinajstić information content (AvgIpc) is 2.46. The molecule has 2 unspecified atom stereocenters. The number of benzene rings is 1. The van der Waals surface area contributed by atoms with Crippen LogP contribution >= 0.6 is 0 Å². The number of rotatable bonds is 1. The minimum absolute atomic E-state index is 0.0309. The molecule has 1 aromatic carbocycles.